The van der Waals surface area contributed by atoms with Crippen molar-refractivity contribution in [2.75, 3.05) is 0 Å². The number of alkyl carbamates (subject to hydrolysis) is 1. The molecule has 0 radical (unpaired) electrons. The lowest BCUT2D eigenvalue weighted by atomic mass is 9.95. The topological polar surface area (TPSA) is 51.2 Å². The van der Waals surface area contributed by atoms with Crippen LogP contribution in [0, 0.1) is 0 Å². The molecule has 2 heterocycles. The number of cyclic esters (lactones) is 1. The lowest BCUT2D eigenvalue weighted by Crippen LogP contribution is -2.19. The van der Waals surface area contributed by atoms with Gasteiger partial charge in [0.25, 0.3) is 0 Å². The van der Waals surface area contributed by atoms with E-state index in [1.807, 2.05) is 48.5 Å². The Balaban J connectivity index is 1.71. The van der Waals surface area contributed by atoms with Crippen LogP contribution in [0.4, 0.5) is 4.79 Å². The van der Waals surface area contributed by atoms with Crippen molar-refractivity contribution in [3.63, 3.8) is 0 Å². The van der Waals surface area contributed by atoms with Crippen molar-refractivity contribution in [3.8, 4) is 11.1 Å². The highest BCUT2D eigenvalue weighted by atomic mass is 16.6. The number of nitrogens with zero attached hydrogens (tertiary/aromatic N) is 1. The normalized spacial score (nSPS) is 19.6. The van der Waals surface area contributed by atoms with Crippen LogP contribution >= 0.6 is 0 Å². The third-order valence-electron chi connectivity index (χ3n) is 4.14. The standard InChI is InChI=1S/C20H16N2O2/c23-20-22-18(19(24-20)17-11-4-5-12-21-17)16-10-6-9-15(13-16)14-7-2-1-3-8-14/h1-13,18-19H,(H,22,23)/t18-,19-/m1/s1. The van der Waals surface area contributed by atoms with Crippen LogP contribution in [-0.4, -0.2) is 11.1 Å². The van der Waals surface area contributed by atoms with Crippen LogP contribution in [-0.2, 0) is 4.74 Å². The predicted octanol–water partition coefficient (Wildman–Crippen LogP) is 4.27. The summed E-state index contributed by atoms with van der Waals surface area (Å²) in [6.45, 7) is 0. The summed E-state index contributed by atoms with van der Waals surface area (Å²) in [4.78, 5) is 16.1. The minimum atomic E-state index is -0.426. The fraction of sp³-hybridized carbons (Fsp3) is 0.100. The molecular formula is C20H16N2O2. The van der Waals surface area contributed by atoms with Gasteiger partial charge in [-0.25, -0.2) is 4.79 Å². The Hall–Kier alpha value is -3.14. The summed E-state index contributed by atoms with van der Waals surface area (Å²) in [6.07, 6.45) is 0.865. The van der Waals surface area contributed by atoms with E-state index in [2.05, 4.69) is 34.6 Å². The van der Waals surface area contributed by atoms with Crippen LogP contribution in [0.3, 0.4) is 0 Å². The van der Waals surface area contributed by atoms with Gasteiger partial charge in [-0.1, -0.05) is 54.6 Å². The van der Waals surface area contributed by atoms with Gasteiger partial charge in [0, 0.05) is 6.20 Å². The van der Waals surface area contributed by atoms with E-state index < -0.39 is 12.2 Å². The van der Waals surface area contributed by atoms with Crippen LogP contribution in [0.1, 0.15) is 23.4 Å². The van der Waals surface area contributed by atoms with E-state index in [0.29, 0.717) is 0 Å². The Morgan fingerprint density at radius 1 is 0.875 bits per heavy atom. The second-order valence-electron chi connectivity index (χ2n) is 5.69. The quantitative estimate of drug-likeness (QED) is 0.785. The van der Waals surface area contributed by atoms with E-state index in [1.165, 1.54) is 0 Å². The van der Waals surface area contributed by atoms with E-state index in [4.69, 9.17) is 4.74 Å². The maximum Gasteiger partial charge on any atom is 0.408 e. The first-order valence-corrected chi connectivity index (χ1v) is 7.85. The maximum absolute atomic E-state index is 11.8. The Bertz CT molecular complexity index is 850. The van der Waals surface area contributed by atoms with E-state index in [-0.39, 0.29) is 6.04 Å². The number of aromatic nitrogens is 1. The lowest BCUT2D eigenvalue weighted by molar-refractivity contribution is 0.130. The van der Waals surface area contributed by atoms with Crippen LogP contribution in [0.25, 0.3) is 11.1 Å². The smallest absolute Gasteiger partial charge is 0.408 e. The van der Waals surface area contributed by atoms with Crippen molar-refractivity contribution >= 4 is 6.09 Å². The monoisotopic (exact) mass is 316 g/mol. The Kier molecular flexibility index (Phi) is 3.71. The summed E-state index contributed by atoms with van der Waals surface area (Å²) in [5.74, 6) is 0. The molecule has 0 spiro atoms. The molecule has 1 N–H and O–H groups in total. The van der Waals surface area contributed by atoms with Gasteiger partial charge in [0.2, 0.25) is 0 Å². The van der Waals surface area contributed by atoms with Crippen LogP contribution in [0.15, 0.2) is 79.0 Å². The molecule has 4 nitrogen and oxygen atoms in total. The molecule has 0 saturated carbocycles. The Morgan fingerprint density at radius 2 is 1.67 bits per heavy atom. The lowest BCUT2D eigenvalue weighted by Gasteiger charge is -2.17. The molecule has 1 aromatic heterocycles. The largest absolute Gasteiger partial charge is 0.437 e. The first-order valence-electron chi connectivity index (χ1n) is 7.85. The van der Waals surface area contributed by atoms with Crippen molar-refractivity contribution in [1.82, 2.24) is 10.3 Å². The molecule has 4 rings (SSSR count). The Labute approximate surface area is 140 Å². The molecule has 1 saturated heterocycles. The first kappa shape index (κ1) is 14.5. The molecule has 1 amide bonds. The molecule has 118 valence electrons. The SMILES string of the molecule is O=C1N[C@H](c2cccc(-c3ccccc3)c2)[C@@H](c2ccccn2)O1. The van der Waals surface area contributed by atoms with Gasteiger partial charge in [-0.15, -0.1) is 0 Å². The van der Waals surface area contributed by atoms with Crippen molar-refractivity contribution < 1.29 is 9.53 Å². The number of amides is 1. The van der Waals surface area contributed by atoms with Crippen molar-refractivity contribution in [3.05, 3.63) is 90.3 Å². The molecule has 4 heteroatoms. The van der Waals surface area contributed by atoms with Gasteiger partial charge < -0.3 is 10.1 Å². The highest BCUT2D eigenvalue weighted by Crippen LogP contribution is 2.36. The van der Waals surface area contributed by atoms with Gasteiger partial charge in [-0.3, -0.25) is 4.98 Å². The number of hydrogen-bond donors (Lipinski definition) is 1. The number of rotatable bonds is 3. The van der Waals surface area contributed by atoms with E-state index in [1.54, 1.807) is 6.20 Å². The average Bonchev–Trinajstić information content (AvgIpc) is 3.05. The van der Waals surface area contributed by atoms with Crippen molar-refractivity contribution in [1.29, 1.82) is 0 Å². The Morgan fingerprint density at radius 3 is 2.46 bits per heavy atom. The summed E-state index contributed by atoms with van der Waals surface area (Å²) in [7, 11) is 0. The maximum atomic E-state index is 11.8. The predicted molar refractivity (Wildman–Crippen MR) is 91.2 cm³/mol. The van der Waals surface area contributed by atoms with Gasteiger partial charge in [0.1, 0.15) is 6.04 Å². The first-order chi connectivity index (χ1) is 11.8. The summed E-state index contributed by atoms with van der Waals surface area (Å²) >= 11 is 0. The average molecular weight is 316 g/mol. The van der Waals surface area contributed by atoms with Gasteiger partial charge in [0.05, 0.1) is 5.69 Å². The highest BCUT2D eigenvalue weighted by Gasteiger charge is 2.37. The molecule has 3 aromatic rings. The van der Waals surface area contributed by atoms with Crippen LogP contribution in [0.2, 0.25) is 0 Å². The van der Waals surface area contributed by atoms with Gasteiger partial charge in [-0.05, 0) is 34.9 Å². The van der Waals surface area contributed by atoms with Gasteiger partial charge >= 0.3 is 6.09 Å². The number of carbonyl (C=O) groups excluding carboxylic acids is 1. The fourth-order valence-corrected chi connectivity index (χ4v) is 3.00. The van der Waals surface area contributed by atoms with E-state index in [9.17, 15) is 4.79 Å². The molecule has 0 aliphatic carbocycles. The second kappa shape index (κ2) is 6.16. The zero-order chi connectivity index (χ0) is 16.4. The highest BCUT2D eigenvalue weighted by molar-refractivity contribution is 5.72. The zero-order valence-corrected chi connectivity index (χ0v) is 12.9. The number of nitrogens with one attached hydrogen (secondary N) is 1. The van der Waals surface area contributed by atoms with Crippen molar-refractivity contribution in [2.24, 2.45) is 0 Å². The third-order valence-corrected chi connectivity index (χ3v) is 4.14. The van der Waals surface area contributed by atoms with Crippen LogP contribution in [0.5, 0.6) is 0 Å². The number of hydrogen-bond acceptors (Lipinski definition) is 3. The molecule has 1 fully saturated rings. The molecule has 0 bridgehead atoms. The molecule has 1 aliphatic heterocycles. The van der Waals surface area contributed by atoms with E-state index >= 15 is 0 Å². The number of pyridine rings is 1. The summed E-state index contributed by atoms with van der Waals surface area (Å²) in [5.41, 5.74) is 3.98. The number of ether oxygens (including phenoxy) is 1. The molecule has 24 heavy (non-hydrogen) atoms. The number of benzene rings is 2. The van der Waals surface area contributed by atoms with Gasteiger partial charge in [-0.2, -0.15) is 0 Å². The van der Waals surface area contributed by atoms with Crippen molar-refractivity contribution in [2.45, 2.75) is 12.1 Å². The second-order valence-corrected chi connectivity index (χ2v) is 5.69. The third kappa shape index (κ3) is 2.74. The molecular weight excluding hydrogens is 300 g/mol. The molecule has 2 atom stereocenters. The fourth-order valence-electron chi connectivity index (χ4n) is 3.00. The summed E-state index contributed by atoms with van der Waals surface area (Å²) in [6, 6.07) is 23.7. The minimum absolute atomic E-state index is 0.254. The van der Waals surface area contributed by atoms with Gasteiger partial charge in [0.15, 0.2) is 6.10 Å². The van der Waals surface area contributed by atoms with Crippen LogP contribution < -0.4 is 5.32 Å². The van der Waals surface area contributed by atoms with E-state index in [0.717, 1.165) is 22.4 Å². The summed E-state index contributed by atoms with van der Waals surface area (Å²) in [5, 5.41) is 2.90. The zero-order valence-electron chi connectivity index (χ0n) is 12.9. The minimum Gasteiger partial charge on any atom is -0.437 e. The molecule has 0 unspecified atom stereocenters. The molecule has 2 aromatic carbocycles. The summed E-state index contributed by atoms with van der Waals surface area (Å²) < 4.78 is 5.45. The number of carbonyl (C=O) groups is 1. The molecule has 1 aliphatic rings.